The Morgan fingerprint density at radius 1 is 1.04 bits per heavy atom. The van der Waals surface area contributed by atoms with E-state index in [1.54, 1.807) is 24.3 Å². The molecule has 0 spiro atoms. The number of carbonyl (C=O) groups is 1. The molecule has 128 valence electrons. The van der Waals surface area contributed by atoms with Gasteiger partial charge in [0.25, 0.3) is 5.91 Å². The van der Waals surface area contributed by atoms with Gasteiger partial charge in [-0.05, 0) is 37.3 Å². The van der Waals surface area contributed by atoms with E-state index in [1.165, 1.54) is 18.0 Å². The second kappa shape index (κ2) is 8.29. The van der Waals surface area contributed by atoms with Crippen LogP contribution in [0.15, 0.2) is 42.5 Å². The van der Waals surface area contributed by atoms with Crippen molar-refractivity contribution < 1.29 is 23.0 Å². The van der Waals surface area contributed by atoms with Gasteiger partial charge in [-0.1, -0.05) is 6.07 Å². The normalized spacial score (nSPS) is 10.3. The first kappa shape index (κ1) is 17.7. The predicted molar refractivity (Wildman–Crippen MR) is 85.9 cm³/mol. The first-order valence-corrected chi connectivity index (χ1v) is 7.53. The van der Waals surface area contributed by atoms with Crippen molar-refractivity contribution in [3.63, 3.8) is 0 Å². The summed E-state index contributed by atoms with van der Waals surface area (Å²) in [4.78, 5) is 13.4. The van der Waals surface area contributed by atoms with E-state index in [0.717, 1.165) is 17.9 Å². The topological polar surface area (TPSA) is 38.8 Å². The molecule has 2 aromatic carbocycles. The van der Waals surface area contributed by atoms with Crippen LogP contribution in [0.1, 0.15) is 12.5 Å². The molecule has 0 aliphatic carbocycles. The van der Waals surface area contributed by atoms with E-state index >= 15 is 0 Å². The van der Waals surface area contributed by atoms with Crippen molar-refractivity contribution in [2.45, 2.75) is 13.5 Å². The molecular formula is C18H19F2NO3. The molecule has 2 rings (SSSR count). The van der Waals surface area contributed by atoms with Gasteiger partial charge in [0.2, 0.25) is 0 Å². The van der Waals surface area contributed by atoms with E-state index in [1.807, 2.05) is 6.92 Å². The Bertz CT molecular complexity index is 689. The molecule has 2 aromatic rings. The quantitative estimate of drug-likeness (QED) is 0.778. The number of nitrogens with zero attached hydrogens (tertiary/aromatic N) is 1. The first-order chi connectivity index (χ1) is 11.5. The second-order valence-electron chi connectivity index (χ2n) is 5.18. The first-order valence-electron chi connectivity index (χ1n) is 7.53. The highest BCUT2D eigenvalue weighted by molar-refractivity contribution is 5.77. The minimum Gasteiger partial charge on any atom is -0.494 e. The lowest BCUT2D eigenvalue weighted by atomic mass is 10.2. The third-order valence-corrected chi connectivity index (χ3v) is 3.35. The Kier molecular flexibility index (Phi) is 6.12. The maximum atomic E-state index is 13.6. The number of ether oxygens (including phenoxy) is 2. The van der Waals surface area contributed by atoms with E-state index in [4.69, 9.17) is 9.47 Å². The van der Waals surface area contributed by atoms with Crippen LogP contribution in [0.25, 0.3) is 0 Å². The molecule has 0 unspecified atom stereocenters. The number of benzene rings is 2. The standard InChI is InChI=1S/C18H19F2NO3/c1-3-23-15-6-8-16(9-7-15)24-12-18(22)21(2)11-13-4-5-14(19)10-17(13)20/h4-10H,3,11-12H2,1-2H3. The van der Waals surface area contributed by atoms with Gasteiger partial charge in [-0.25, -0.2) is 8.78 Å². The predicted octanol–water partition coefficient (Wildman–Crippen LogP) is 3.40. The number of hydrogen-bond acceptors (Lipinski definition) is 3. The average molecular weight is 335 g/mol. The van der Waals surface area contributed by atoms with E-state index in [0.29, 0.717) is 12.4 Å². The Balaban J connectivity index is 1.87. The number of hydrogen-bond donors (Lipinski definition) is 0. The van der Waals surface area contributed by atoms with Crippen molar-refractivity contribution in [3.8, 4) is 11.5 Å². The van der Waals surface area contributed by atoms with Crippen LogP contribution in [0.2, 0.25) is 0 Å². The summed E-state index contributed by atoms with van der Waals surface area (Å²) < 4.78 is 37.2. The lowest BCUT2D eigenvalue weighted by molar-refractivity contribution is -0.132. The van der Waals surface area contributed by atoms with E-state index in [9.17, 15) is 13.6 Å². The molecule has 0 N–H and O–H groups in total. The van der Waals surface area contributed by atoms with Crippen LogP contribution in [0.3, 0.4) is 0 Å². The fourth-order valence-electron chi connectivity index (χ4n) is 2.05. The molecule has 6 heteroatoms. The van der Waals surface area contributed by atoms with Crippen LogP contribution < -0.4 is 9.47 Å². The van der Waals surface area contributed by atoms with Crippen LogP contribution in [-0.4, -0.2) is 31.1 Å². The van der Waals surface area contributed by atoms with E-state index < -0.39 is 11.6 Å². The molecule has 0 bridgehead atoms. The Labute approximate surface area is 139 Å². The largest absolute Gasteiger partial charge is 0.494 e. The van der Waals surface area contributed by atoms with Crippen LogP contribution >= 0.6 is 0 Å². The number of likely N-dealkylation sites (N-methyl/N-ethyl adjacent to an activating group) is 1. The molecule has 0 saturated carbocycles. The van der Waals surface area contributed by atoms with E-state index in [-0.39, 0.29) is 24.6 Å². The molecule has 0 aliphatic heterocycles. The molecule has 0 saturated heterocycles. The number of halogens is 2. The summed E-state index contributed by atoms with van der Waals surface area (Å²) in [6.45, 7) is 2.33. The van der Waals surface area contributed by atoms with Gasteiger partial charge in [-0.3, -0.25) is 4.79 Å². The molecule has 4 nitrogen and oxygen atoms in total. The van der Waals surface area contributed by atoms with Gasteiger partial charge in [-0.15, -0.1) is 0 Å². The Hall–Kier alpha value is -2.63. The third-order valence-electron chi connectivity index (χ3n) is 3.35. The minimum atomic E-state index is -0.679. The highest BCUT2D eigenvalue weighted by Gasteiger charge is 2.13. The van der Waals surface area contributed by atoms with Crippen LogP contribution in [0.4, 0.5) is 8.78 Å². The zero-order chi connectivity index (χ0) is 17.5. The molecule has 0 aliphatic rings. The molecule has 0 atom stereocenters. The lowest BCUT2D eigenvalue weighted by Crippen LogP contribution is -2.31. The number of amides is 1. The van der Waals surface area contributed by atoms with E-state index in [2.05, 4.69) is 0 Å². The highest BCUT2D eigenvalue weighted by Crippen LogP contribution is 2.17. The smallest absolute Gasteiger partial charge is 0.260 e. The fourth-order valence-corrected chi connectivity index (χ4v) is 2.05. The average Bonchev–Trinajstić information content (AvgIpc) is 2.56. The maximum absolute atomic E-state index is 13.6. The fraction of sp³-hybridized carbons (Fsp3) is 0.278. The molecule has 0 aromatic heterocycles. The maximum Gasteiger partial charge on any atom is 0.260 e. The number of rotatable bonds is 7. The summed E-state index contributed by atoms with van der Waals surface area (Å²) >= 11 is 0. The van der Waals surface area contributed by atoms with Crippen molar-refractivity contribution in [2.75, 3.05) is 20.3 Å². The van der Waals surface area contributed by atoms with Gasteiger partial charge in [0.05, 0.1) is 6.61 Å². The molecule has 0 fully saturated rings. The van der Waals surface area contributed by atoms with Crippen LogP contribution in [0.5, 0.6) is 11.5 Å². The summed E-state index contributed by atoms with van der Waals surface area (Å²) in [6, 6.07) is 10.2. The van der Waals surface area contributed by atoms with Gasteiger partial charge in [-0.2, -0.15) is 0 Å². The molecular weight excluding hydrogens is 316 g/mol. The lowest BCUT2D eigenvalue weighted by Gasteiger charge is -2.18. The van der Waals surface area contributed by atoms with Crippen molar-refractivity contribution in [2.24, 2.45) is 0 Å². The molecule has 1 amide bonds. The highest BCUT2D eigenvalue weighted by atomic mass is 19.1. The van der Waals surface area contributed by atoms with Gasteiger partial charge < -0.3 is 14.4 Å². The van der Waals surface area contributed by atoms with Crippen LogP contribution in [-0.2, 0) is 11.3 Å². The minimum absolute atomic E-state index is 0.0393. The van der Waals surface area contributed by atoms with Crippen molar-refractivity contribution in [1.82, 2.24) is 4.90 Å². The van der Waals surface area contributed by atoms with Gasteiger partial charge in [0.1, 0.15) is 23.1 Å². The third kappa shape index (κ3) is 4.94. The molecule has 0 radical (unpaired) electrons. The summed E-state index contributed by atoms with van der Waals surface area (Å²) in [5.74, 6) is -0.382. The SMILES string of the molecule is CCOc1ccc(OCC(=O)N(C)Cc2ccc(F)cc2F)cc1. The van der Waals surface area contributed by atoms with Crippen LogP contribution in [0, 0.1) is 11.6 Å². The Morgan fingerprint density at radius 3 is 2.25 bits per heavy atom. The monoisotopic (exact) mass is 335 g/mol. The molecule has 24 heavy (non-hydrogen) atoms. The van der Waals surface area contributed by atoms with Crippen molar-refractivity contribution in [1.29, 1.82) is 0 Å². The van der Waals surface area contributed by atoms with Gasteiger partial charge in [0.15, 0.2) is 6.61 Å². The second-order valence-corrected chi connectivity index (χ2v) is 5.18. The summed E-state index contributed by atoms with van der Waals surface area (Å²) in [5.41, 5.74) is 0.244. The zero-order valence-electron chi connectivity index (χ0n) is 13.6. The van der Waals surface area contributed by atoms with Crippen molar-refractivity contribution >= 4 is 5.91 Å². The summed E-state index contributed by atoms with van der Waals surface area (Å²) in [5, 5.41) is 0. The number of carbonyl (C=O) groups excluding carboxylic acids is 1. The summed E-state index contributed by atoms with van der Waals surface area (Å²) in [7, 11) is 1.53. The van der Waals surface area contributed by atoms with Crippen molar-refractivity contribution in [3.05, 3.63) is 59.7 Å². The zero-order valence-corrected chi connectivity index (χ0v) is 13.6. The van der Waals surface area contributed by atoms with Gasteiger partial charge >= 0.3 is 0 Å². The Morgan fingerprint density at radius 2 is 1.67 bits per heavy atom. The summed E-state index contributed by atoms with van der Waals surface area (Å²) in [6.07, 6.45) is 0. The molecule has 0 heterocycles. The van der Waals surface area contributed by atoms with Gasteiger partial charge in [0, 0.05) is 25.2 Å².